The number of nitrogens with one attached hydrogen (secondary N) is 1. The molecule has 1 rings (SSSR count). The predicted molar refractivity (Wildman–Crippen MR) is 71.7 cm³/mol. The van der Waals surface area contributed by atoms with E-state index in [1.807, 2.05) is 19.1 Å². The second kappa shape index (κ2) is 7.36. The smallest absolute Gasteiger partial charge is 0.171 e. The second-order valence-electron chi connectivity index (χ2n) is 4.57. The molecule has 18 heavy (non-hydrogen) atoms. The highest BCUT2D eigenvalue weighted by Crippen LogP contribution is 2.11. The zero-order valence-electron chi connectivity index (χ0n) is 11.5. The van der Waals surface area contributed by atoms with E-state index in [-0.39, 0.29) is 12.3 Å². The van der Waals surface area contributed by atoms with Crippen molar-refractivity contribution in [3.63, 3.8) is 0 Å². The van der Waals surface area contributed by atoms with Gasteiger partial charge in [0.05, 0.1) is 6.04 Å². The number of benzene rings is 1. The molecule has 1 aromatic rings. The zero-order valence-corrected chi connectivity index (χ0v) is 11.5. The van der Waals surface area contributed by atoms with Gasteiger partial charge in [-0.3, -0.25) is 0 Å². The van der Waals surface area contributed by atoms with Gasteiger partial charge in [0.15, 0.2) is 6.29 Å². The Kier molecular flexibility index (Phi) is 6.12. The number of hydrogen-bond acceptors (Lipinski definition) is 4. The van der Waals surface area contributed by atoms with Gasteiger partial charge in [0.2, 0.25) is 0 Å². The summed E-state index contributed by atoms with van der Waals surface area (Å²) in [6.07, 6.45) is 0.650. The van der Waals surface area contributed by atoms with E-state index < -0.39 is 0 Å². The lowest BCUT2D eigenvalue weighted by Gasteiger charge is -2.25. The Morgan fingerprint density at radius 2 is 1.67 bits per heavy atom. The van der Waals surface area contributed by atoms with Gasteiger partial charge in [-0.25, -0.2) is 0 Å². The highest BCUT2D eigenvalue weighted by atomic mass is 16.7. The molecule has 2 unspecified atom stereocenters. The highest BCUT2D eigenvalue weighted by Gasteiger charge is 2.17. The number of phenolic OH excluding ortho intramolecular Hbond substituents is 1. The topological polar surface area (TPSA) is 50.7 Å². The van der Waals surface area contributed by atoms with Gasteiger partial charge in [-0.2, -0.15) is 0 Å². The third kappa shape index (κ3) is 4.64. The van der Waals surface area contributed by atoms with Crippen LogP contribution in [0.1, 0.15) is 19.4 Å². The molecule has 0 spiro atoms. The first-order valence-corrected chi connectivity index (χ1v) is 6.16. The summed E-state index contributed by atoms with van der Waals surface area (Å²) in [4.78, 5) is 0. The fourth-order valence-electron chi connectivity index (χ4n) is 2.08. The Morgan fingerprint density at radius 1 is 1.11 bits per heavy atom. The van der Waals surface area contributed by atoms with Gasteiger partial charge < -0.3 is 19.9 Å². The number of hydrogen-bond donors (Lipinski definition) is 2. The molecule has 0 fully saturated rings. The fourth-order valence-corrected chi connectivity index (χ4v) is 2.08. The first-order chi connectivity index (χ1) is 8.56. The third-order valence-corrected chi connectivity index (χ3v) is 2.90. The Balaban J connectivity index is 2.45. The predicted octanol–water partition coefficient (Wildman–Crippen LogP) is 1.92. The van der Waals surface area contributed by atoms with Gasteiger partial charge in [0.25, 0.3) is 0 Å². The Labute approximate surface area is 109 Å². The molecule has 0 aromatic heterocycles. The van der Waals surface area contributed by atoms with Crippen molar-refractivity contribution in [1.82, 2.24) is 5.32 Å². The number of methoxy groups -OCH3 is 2. The van der Waals surface area contributed by atoms with Crippen molar-refractivity contribution in [2.45, 2.75) is 38.6 Å². The summed E-state index contributed by atoms with van der Waals surface area (Å²) in [6.45, 7) is 4.15. The molecule has 1 aromatic carbocycles. The molecular weight excluding hydrogens is 230 g/mol. The van der Waals surface area contributed by atoms with E-state index in [4.69, 9.17) is 9.47 Å². The average molecular weight is 253 g/mol. The summed E-state index contributed by atoms with van der Waals surface area (Å²) in [5, 5.41) is 12.7. The minimum atomic E-state index is -0.243. The minimum Gasteiger partial charge on any atom is -0.508 e. The fraction of sp³-hybridized carbons (Fsp3) is 0.571. The van der Waals surface area contributed by atoms with Crippen LogP contribution in [-0.2, 0) is 15.9 Å². The molecule has 0 saturated heterocycles. The normalized spacial score (nSPS) is 14.7. The number of ether oxygens (including phenoxy) is 2. The summed E-state index contributed by atoms with van der Waals surface area (Å²) in [5.41, 5.74) is 1.19. The van der Waals surface area contributed by atoms with Crippen molar-refractivity contribution >= 4 is 0 Å². The molecule has 0 aliphatic heterocycles. The van der Waals surface area contributed by atoms with Crippen LogP contribution in [0.15, 0.2) is 24.3 Å². The van der Waals surface area contributed by atoms with E-state index in [1.165, 1.54) is 5.56 Å². The van der Waals surface area contributed by atoms with Gasteiger partial charge in [-0.1, -0.05) is 12.1 Å². The number of rotatable bonds is 7. The minimum absolute atomic E-state index is 0.118. The molecule has 0 bridgehead atoms. The molecule has 4 heteroatoms. The lowest BCUT2D eigenvalue weighted by molar-refractivity contribution is -0.120. The van der Waals surface area contributed by atoms with Gasteiger partial charge in [-0.05, 0) is 38.0 Å². The molecular formula is C14H23NO3. The summed E-state index contributed by atoms with van der Waals surface area (Å²) < 4.78 is 10.4. The molecule has 2 N–H and O–H groups in total. The zero-order chi connectivity index (χ0) is 13.5. The molecule has 4 nitrogen and oxygen atoms in total. The second-order valence-corrected chi connectivity index (χ2v) is 4.57. The highest BCUT2D eigenvalue weighted by molar-refractivity contribution is 5.26. The van der Waals surface area contributed by atoms with Gasteiger partial charge in [-0.15, -0.1) is 0 Å². The maximum atomic E-state index is 9.22. The molecule has 0 saturated carbocycles. The van der Waals surface area contributed by atoms with Gasteiger partial charge in [0.1, 0.15) is 5.75 Å². The number of aromatic hydroxyl groups is 1. The molecule has 0 aliphatic rings. The van der Waals surface area contributed by atoms with E-state index in [0.717, 1.165) is 6.42 Å². The maximum absolute atomic E-state index is 9.22. The van der Waals surface area contributed by atoms with E-state index in [2.05, 4.69) is 12.2 Å². The van der Waals surface area contributed by atoms with Crippen molar-refractivity contribution in [2.75, 3.05) is 14.2 Å². The molecule has 0 amide bonds. The Hall–Kier alpha value is -1.10. The summed E-state index contributed by atoms with van der Waals surface area (Å²) in [6, 6.07) is 7.70. The van der Waals surface area contributed by atoms with E-state index >= 15 is 0 Å². The van der Waals surface area contributed by atoms with E-state index in [9.17, 15) is 5.11 Å². The quantitative estimate of drug-likeness (QED) is 0.729. The van der Waals surface area contributed by atoms with Crippen molar-refractivity contribution in [3.05, 3.63) is 29.8 Å². The van der Waals surface area contributed by atoms with E-state index in [0.29, 0.717) is 11.8 Å². The van der Waals surface area contributed by atoms with Crippen LogP contribution < -0.4 is 5.32 Å². The van der Waals surface area contributed by atoms with Gasteiger partial charge >= 0.3 is 0 Å². The largest absolute Gasteiger partial charge is 0.508 e. The van der Waals surface area contributed by atoms with E-state index in [1.54, 1.807) is 26.4 Å². The van der Waals surface area contributed by atoms with Crippen LogP contribution in [0.5, 0.6) is 5.75 Å². The van der Waals surface area contributed by atoms with Gasteiger partial charge in [0, 0.05) is 20.3 Å². The summed E-state index contributed by atoms with van der Waals surface area (Å²) in [7, 11) is 3.27. The Morgan fingerprint density at radius 3 is 2.17 bits per heavy atom. The van der Waals surface area contributed by atoms with Crippen LogP contribution in [0.2, 0.25) is 0 Å². The van der Waals surface area contributed by atoms with Crippen LogP contribution in [-0.4, -0.2) is 37.7 Å². The first-order valence-electron chi connectivity index (χ1n) is 6.16. The molecule has 0 heterocycles. The SMILES string of the molecule is COC(OC)C(C)NC(C)Cc1ccc(O)cc1. The first kappa shape index (κ1) is 15.0. The van der Waals surface area contributed by atoms with Crippen LogP contribution in [0.4, 0.5) is 0 Å². The Bertz CT molecular complexity index is 335. The van der Waals surface area contributed by atoms with Crippen molar-refractivity contribution in [1.29, 1.82) is 0 Å². The standard InChI is InChI=1S/C14H23NO3/c1-10(15-11(2)14(17-3)18-4)9-12-5-7-13(16)8-6-12/h5-8,10-11,14-16H,9H2,1-4H3. The van der Waals surface area contributed by atoms with Crippen LogP contribution >= 0.6 is 0 Å². The number of phenols is 1. The summed E-state index contributed by atoms with van der Waals surface area (Å²) >= 11 is 0. The lowest BCUT2D eigenvalue weighted by atomic mass is 10.1. The van der Waals surface area contributed by atoms with Crippen LogP contribution in [0.3, 0.4) is 0 Å². The van der Waals surface area contributed by atoms with Crippen molar-refractivity contribution < 1.29 is 14.6 Å². The third-order valence-electron chi connectivity index (χ3n) is 2.90. The molecule has 2 atom stereocenters. The maximum Gasteiger partial charge on any atom is 0.171 e. The molecule has 102 valence electrons. The summed E-state index contributed by atoms with van der Waals surface area (Å²) in [5.74, 6) is 0.298. The molecule has 0 aliphatic carbocycles. The van der Waals surface area contributed by atoms with Crippen LogP contribution in [0.25, 0.3) is 0 Å². The lowest BCUT2D eigenvalue weighted by Crippen LogP contribution is -2.44. The van der Waals surface area contributed by atoms with Crippen molar-refractivity contribution in [2.24, 2.45) is 0 Å². The van der Waals surface area contributed by atoms with Crippen LogP contribution in [0, 0.1) is 0 Å². The van der Waals surface area contributed by atoms with Crippen molar-refractivity contribution in [3.8, 4) is 5.75 Å². The molecule has 0 radical (unpaired) electrons. The average Bonchev–Trinajstić information content (AvgIpc) is 2.33. The monoisotopic (exact) mass is 253 g/mol.